The van der Waals surface area contributed by atoms with Gasteiger partial charge in [-0.2, -0.15) is 0 Å². The first-order valence-electron chi connectivity index (χ1n) is 5.67. The number of rotatable bonds is 2. The Morgan fingerprint density at radius 1 is 1.21 bits per heavy atom. The molecule has 0 amide bonds. The van der Waals surface area contributed by atoms with Crippen LogP contribution in [0, 0.1) is 5.41 Å². The maximum atomic E-state index is 12.5. The van der Waals surface area contributed by atoms with E-state index in [2.05, 4.69) is 12.2 Å². The van der Waals surface area contributed by atoms with Crippen LogP contribution in [0.1, 0.15) is 46.5 Å². The lowest BCUT2D eigenvalue weighted by Crippen LogP contribution is -2.59. The molecule has 1 N–H and O–H groups in total. The van der Waals surface area contributed by atoms with Crippen molar-refractivity contribution in [2.45, 2.75) is 58.4 Å². The number of nitrogens with one attached hydrogen (secondary N) is 1. The Hall–Kier alpha value is -0.180. The van der Waals surface area contributed by atoms with Gasteiger partial charge in [-0.25, -0.2) is 8.78 Å². The van der Waals surface area contributed by atoms with Gasteiger partial charge in [0.2, 0.25) is 5.92 Å². The average molecular weight is 205 g/mol. The fourth-order valence-corrected chi connectivity index (χ4v) is 2.75. The summed E-state index contributed by atoms with van der Waals surface area (Å²) in [6.07, 6.45) is 2.22. The van der Waals surface area contributed by atoms with Crippen molar-refractivity contribution in [2.75, 3.05) is 6.54 Å². The lowest BCUT2D eigenvalue weighted by atomic mass is 9.52. The van der Waals surface area contributed by atoms with Crippen LogP contribution < -0.4 is 5.32 Å². The van der Waals surface area contributed by atoms with E-state index >= 15 is 0 Å². The van der Waals surface area contributed by atoms with Crippen molar-refractivity contribution in [3.63, 3.8) is 0 Å². The summed E-state index contributed by atoms with van der Waals surface area (Å²) >= 11 is 0. The molecular weight excluding hydrogens is 184 g/mol. The highest BCUT2D eigenvalue weighted by molar-refractivity contribution is 5.08. The van der Waals surface area contributed by atoms with Gasteiger partial charge in [0.1, 0.15) is 0 Å². The van der Waals surface area contributed by atoms with Crippen molar-refractivity contribution in [3.8, 4) is 0 Å². The minimum atomic E-state index is -2.34. The fourth-order valence-electron chi connectivity index (χ4n) is 2.75. The van der Waals surface area contributed by atoms with Crippen LogP contribution in [-0.4, -0.2) is 18.5 Å². The van der Waals surface area contributed by atoms with Crippen LogP contribution in [0.15, 0.2) is 0 Å². The van der Waals surface area contributed by atoms with Crippen molar-refractivity contribution in [1.29, 1.82) is 0 Å². The van der Waals surface area contributed by atoms with E-state index < -0.39 is 5.92 Å². The highest BCUT2D eigenvalue weighted by Gasteiger charge is 2.61. The van der Waals surface area contributed by atoms with Gasteiger partial charge in [-0.3, -0.25) is 0 Å². The van der Waals surface area contributed by atoms with E-state index in [4.69, 9.17) is 0 Å². The summed E-state index contributed by atoms with van der Waals surface area (Å²) < 4.78 is 25.1. The molecule has 0 atom stereocenters. The maximum Gasteiger partial charge on any atom is 0.249 e. The minimum Gasteiger partial charge on any atom is -0.314 e. The molecule has 0 radical (unpaired) electrons. The zero-order valence-electron chi connectivity index (χ0n) is 9.37. The molecular formula is C11H21F2N. The zero-order valence-corrected chi connectivity index (χ0v) is 9.37. The molecule has 2 saturated carbocycles. The van der Waals surface area contributed by atoms with Crippen LogP contribution in [0.3, 0.4) is 0 Å². The van der Waals surface area contributed by atoms with E-state index in [1.807, 2.05) is 13.8 Å². The second-order valence-electron chi connectivity index (χ2n) is 4.37. The number of alkyl halides is 2. The molecule has 0 saturated heterocycles. The summed E-state index contributed by atoms with van der Waals surface area (Å²) in [7, 11) is 0. The predicted octanol–water partition coefficient (Wildman–Crippen LogP) is 3.20. The molecule has 0 aliphatic heterocycles. The SMILES string of the molecule is CC.CCNC1CC2(C1)CC(F)(F)C2. The molecule has 84 valence electrons. The third-order valence-electron chi connectivity index (χ3n) is 3.12. The van der Waals surface area contributed by atoms with Gasteiger partial charge in [-0.1, -0.05) is 20.8 Å². The van der Waals surface area contributed by atoms with Crippen LogP contribution in [-0.2, 0) is 0 Å². The second-order valence-corrected chi connectivity index (χ2v) is 4.37. The molecule has 2 aliphatic carbocycles. The topological polar surface area (TPSA) is 12.0 Å². The summed E-state index contributed by atoms with van der Waals surface area (Å²) in [6, 6.07) is 0.520. The molecule has 0 unspecified atom stereocenters. The molecule has 1 nitrogen and oxygen atoms in total. The molecule has 0 aromatic rings. The van der Waals surface area contributed by atoms with Crippen molar-refractivity contribution in [1.82, 2.24) is 5.32 Å². The smallest absolute Gasteiger partial charge is 0.249 e. The van der Waals surface area contributed by atoms with Crippen molar-refractivity contribution in [2.24, 2.45) is 5.41 Å². The molecule has 2 aliphatic rings. The quantitative estimate of drug-likeness (QED) is 0.730. The molecule has 0 heterocycles. The summed E-state index contributed by atoms with van der Waals surface area (Å²) in [4.78, 5) is 0. The highest BCUT2D eigenvalue weighted by atomic mass is 19.3. The average Bonchev–Trinajstić information content (AvgIpc) is 2.02. The monoisotopic (exact) mass is 205 g/mol. The second kappa shape index (κ2) is 4.13. The third kappa shape index (κ3) is 2.25. The lowest BCUT2D eigenvalue weighted by Gasteiger charge is -2.57. The van der Waals surface area contributed by atoms with Gasteiger partial charge in [0, 0.05) is 18.9 Å². The molecule has 14 heavy (non-hydrogen) atoms. The van der Waals surface area contributed by atoms with Gasteiger partial charge in [0.15, 0.2) is 0 Å². The number of hydrogen-bond acceptors (Lipinski definition) is 1. The highest BCUT2D eigenvalue weighted by Crippen LogP contribution is 2.62. The van der Waals surface area contributed by atoms with E-state index in [0.717, 1.165) is 19.4 Å². The van der Waals surface area contributed by atoms with Crippen LogP contribution in [0.4, 0.5) is 8.78 Å². The summed E-state index contributed by atoms with van der Waals surface area (Å²) in [5.41, 5.74) is 0.0380. The van der Waals surface area contributed by atoms with E-state index in [9.17, 15) is 8.78 Å². The molecule has 2 rings (SSSR count). The fraction of sp³-hybridized carbons (Fsp3) is 1.00. The zero-order chi connectivity index (χ0) is 10.8. The van der Waals surface area contributed by atoms with Gasteiger partial charge in [0.05, 0.1) is 0 Å². The van der Waals surface area contributed by atoms with Crippen LogP contribution in [0.5, 0.6) is 0 Å². The number of hydrogen-bond donors (Lipinski definition) is 1. The minimum absolute atomic E-state index is 0.0380. The van der Waals surface area contributed by atoms with E-state index in [0.29, 0.717) is 6.04 Å². The summed E-state index contributed by atoms with van der Waals surface area (Å²) in [6.45, 7) is 7.01. The normalized spacial score (nSPS) is 27.2. The molecule has 0 aromatic carbocycles. The lowest BCUT2D eigenvalue weighted by molar-refractivity contribution is -0.198. The van der Waals surface area contributed by atoms with Crippen molar-refractivity contribution >= 4 is 0 Å². The first-order chi connectivity index (χ1) is 6.55. The summed E-state index contributed by atoms with van der Waals surface area (Å²) in [5, 5.41) is 3.29. The standard InChI is InChI=1S/C9H15F2N.C2H6/c1-2-12-7-3-8(4-7)5-9(10,11)6-8;1-2/h7,12H,2-6H2,1H3;1-2H3. The largest absolute Gasteiger partial charge is 0.314 e. The van der Waals surface area contributed by atoms with Gasteiger partial charge < -0.3 is 5.32 Å². The van der Waals surface area contributed by atoms with Crippen LogP contribution in [0.25, 0.3) is 0 Å². The first-order valence-corrected chi connectivity index (χ1v) is 5.67. The van der Waals surface area contributed by atoms with Gasteiger partial charge in [-0.05, 0) is 24.8 Å². The Morgan fingerprint density at radius 3 is 2.07 bits per heavy atom. The Balaban J connectivity index is 0.000000461. The summed E-state index contributed by atoms with van der Waals surface area (Å²) in [5.74, 6) is -2.34. The van der Waals surface area contributed by atoms with Crippen molar-refractivity contribution < 1.29 is 8.78 Å². The van der Waals surface area contributed by atoms with E-state index in [1.54, 1.807) is 0 Å². The Morgan fingerprint density at radius 2 is 1.71 bits per heavy atom. The van der Waals surface area contributed by atoms with Crippen LogP contribution in [0.2, 0.25) is 0 Å². The van der Waals surface area contributed by atoms with Gasteiger partial charge in [0.25, 0.3) is 0 Å². The molecule has 1 spiro atoms. The Bertz CT molecular complexity index is 176. The molecule has 2 fully saturated rings. The van der Waals surface area contributed by atoms with E-state index in [-0.39, 0.29) is 18.3 Å². The Labute approximate surface area is 85.3 Å². The first kappa shape index (κ1) is 11.9. The third-order valence-corrected chi connectivity index (χ3v) is 3.12. The van der Waals surface area contributed by atoms with Crippen molar-refractivity contribution in [3.05, 3.63) is 0 Å². The predicted molar refractivity (Wildman–Crippen MR) is 54.7 cm³/mol. The number of halogens is 2. The van der Waals surface area contributed by atoms with Gasteiger partial charge in [-0.15, -0.1) is 0 Å². The molecule has 3 heteroatoms. The van der Waals surface area contributed by atoms with E-state index in [1.165, 1.54) is 0 Å². The van der Waals surface area contributed by atoms with Crippen LogP contribution >= 0.6 is 0 Å². The Kier molecular flexibility index (Phi) is 3.51. The maximum absolute atomic E-state index is 12.5. The van der Waals surface area contributed by atoms with Gasteiger partial charge >= 0.3 is 0 Å². The molecule has 0 bridgehead atoms. The molecule has 0 aromatic heterocycles.